The second kappa shape index (κ2) is 4.33. The standard InChI is InChI=1S/C10H11ClO3/c1-6-3-7(2)10(8(11)4-6)14-5-9(12)13/h3-4H,5H2,1-2H3,(H,12,13)/p-1. The summed E-state index contributed by atoms with van der Waals surface area (Å²) in [6, 6.07) is 3.59. The number of benzene rings is 1. The van der Waals surface area contributed by atoms with Crippen molar-refractivity contribution in [2.24, 2.45) is 0 Å². The molecule has 0 spiro atoms. The van der Waals surface area contributed by atoms with Crippen LogP contribution in [0, 0.1) is 13.8 Å². The minimum atomic E-state index is -1.26. The molecule has 0 aliphatic rings. The van der Waals surface area contributed by atoms with E-state index in [2.05, 4.69) is 0 Å². The largest absolute Gasteiger partial charge is 0.546 e. The molecule has 0 N–H and O–H groups in total. The lowest BCUT2D eigenvalue weighted by Crippen LogP contribution is -2.29. The number of hydrogen-bond donors (Lipinski definition) is 0. The van der Waals surface area contributed by atoms with Gasteiger partial charge < -0.3 is 14.6 Å². The Balaban J connectivity index is 2.91. The number of halogens is 1. The molecule has 0 aliphatic heterocycles. The average Bonchev–Trinajstić information content (AvgIpc) is 2.01. The molecule has 0 fully saturated rings. The van der Waals surface area contributed by atoms with E-state index in [1.807, 2.05) is 19.9 Å². The molecular weight excluding hydrogens is 204 g/mol. The Bertz CT molecular complexity index is 337. The number of rotatable bonds is 3. The van der Waals surface area contributed by atoms with Gasteiger partial charge in [0.05, 0.1) is 11.0 Å². The van der Waals surface area contributed by atoms with Crippen LogP contribution in [0.5, 0.6) is 5.75 Å². The third-order valence-electron chi connectivity index (χ3n) is 1.71. The molecular formula is C10H10ClO3-. The summed E-state index contributed by atoms with van der Waals surface area (Å²) in [4.78, 5) is 10.2. The molecule has 76 valence electrons. The maximum Gasteiger partial charge on any atom is 0.141 e. The summed E-state index contributed by atoms with van der Waals surface area (Å²) in [6.07, 6.45) is 0. The topological polar surface area (TPSA) is 49.4 Å². The summed E-state index contributed by atoms with van der Waals surface area (Å²) < 4.78 is 4.99. The molecule has 0 aliphatic carbocycles. The van der Waals surface area contributed by atoms with Crippen molar-refractivity contribution in [3.63, 3.8) is 0 Å². The average molecular weight is 214 g/mol. The monoisotopic (exact) mass is 213 g/mol. The van der Waals surface area contributed by atoms with Gasteiger partial charge in [0.2, 0.25) is 0 Å². The summed E-state index contributed by atoms with van der Waals surface area (Å²) >= 11 is 5.88. The van der Waals surface area contributed by atoms with E-state index in [9.17, 15) is 9.90 Å². The van der Waals surface area contributed by atoms with Gasteiger partial charge in [0.1, 0.15) is 12.4 Å². The molecule has 0 unspecified atom stereocenters. The van der Waals surface area contributed by atoms with E-state index in [0.29, 0.717) is 10.8 Å². The van der Waals surface area contributed by atoms with E-state index in [4.69, 9.17) is 16.3 Å². The molecule has 1 rings (SSSR count). The Hall–Kier alpha value is -1.22. The fraction of sp³-hybridized carbons (Fsp3) is 0.300. The summed E-state index contributed by atoms with van der Waals surface area (Å²) in [5, 5.41) is 10.6. The lowest BCUT2D eigenvalue weighted by Gasteiger charge is -2.11. The summed E-state index contributed by atoms with van der Waals surface area (Å²) in [6.45, 7) is 3.23. The molecule has 0 aromatic heterocycles. The lowest BCUT2D eigenvalue weighted by atomic mass is 10.1. The van der Waals surface area contributed by atoms with E-state index in [1.165, 1.54) is 0 Å². The summed E-state index contributed by atoms with van der Waals surface area (Å²) in [5.41, 5.74) is 1.82. The quantitative estimate of drug-likeness (QED) is 0.755. The van der Waals surface area contributed by atoms with E-state index >= 15 is 0 Å². The zero-order valence-electron chi connectivity index (χ0n) is 7.96. The van der Waals surface area contributed by atoms with E-state index in [-0.39, 0.29) is 0 Å². The Morgan fingerprint density at radius 1 is 1.50 bits per heavy atom. The van der Waals surface area contributed by atoms with Crippen molar-refractivity contribution in [2.45, 2.75) is 13.8 Å². The maximum absolute atomic E-state index is 10.2. The first kappa shape index (κ1) is 10.9. The highest BCUT2D eigenvalue weighted by Crippen LogP contribution is 2.29. The van der Waals surface area contributed by atoms with Crippen molar-refractivity contribution >= 4 is 17.6 Å². The van der Waals surface area contributed by atoms with Crippen LogP contribution in [0.25, 0.3) is 0 Å². The number of aliphatic carboxylic acids is 1. The molecule has 0 heterocycles. The van der Waals surface area contributed by atoms with Crippen LogP contribution in [0.1, 0.15) is 11.1 Å². The van der Waals surface area contributed by atoms with Crippen LogP contribution in [0.15, 0.2) is 12.1 Å². The van der Waals surface area contributed by atoms with Crippen LogP contribution in [0.4, 0.5) is 0 Å². The molecule has 14 heavy (non-hydrogen) atoms. The fourth-order valence-electron chi connectivity index (χ4n) is 1.22. The van der Waals surface area contributed by atoms with Crippen molar-refractivity contribution in [3.8, 4) is 5.75 Å². The second-order valence-electron chi connectivity index (χ2n) is 3.05. The van der Waals surface area contributed by atoms with Gasteiger partial charge in [-0.25, -0.2) is 0 Å². The number of carboxylic acid groups (broad SMARTS) is 1. The minimum Gasteiger partial charge on any atom is -0.546 e. The van der Waals surface area contributed by atoms with Crippen molar-refractivity contribution in [2.75, 3.05) is 6.61 Å². The zero-order chi connectivity index (χ0) is 10.7. The Labute approximate surface area is 87.3 Å². The third kappa shape index (κ3) is 2.64. The van der Waals surface area contributed by atoms with E-state index < -0.39 is 12.6 Å². The number of carbonyl (C=O) groups excluding carboxylic acids is 1. The molecule has 1 aromatic rings. The molecule has 4 heteroatoms. The minimum absolute atomic E-state index is 0.404. The van der Waals surface area contributed by atoms with E-state index in [1.54, 1.807) is 6.07 Å². The Morgan fingerprint density at radius 2 is 2.14 bits per heavy atom. The molecule has 0 radical (unpaired) electrons. The maximum atomic E-state index is 10.2. The third-order valence-corrected chi connectivity index (χ3v) is 1.99. The van der Waals surface area contributed by atoms with Crippen molar-refractivity contribution < 1.29 is 14.6 Å². The van der Waals surface area contributed by atoms with Gasteiger partial charge in [-0.1, -0.05) is 17.7 Å². The molecule has 3 nitrogen and oxygen atoms in total. The normalized spacial score (nSPS) is 9.93. The van der Waals surface area contributed by atoms with Gasteiger partial charge in [-0.15, -0.1) is 0 Å². The number of hydrogen-bond acceptors (Lipinski definition) is 3. The summed E-state index contributed by atoms with van der Waals surface area (Å²) in [7, 11) is 0. The van der Waals surface area contributed by atoms with E-state index in [0.717, 1.165) is 11.1 Å². The van der Waals surface area contributed by atoms with Gasteiger partial charge in [0, 0.05) is 0 Å². The van der Waals surface area contributed by atoms with Gasteiger partial charge >= 0.3 is 0 Å². The number of carbonyl (C=O) groups is 1. The van der Waals surface area contributed by atoms with Crippen molar-refractivity contribution in [3.05, 3.63) is 28.3 Å². The van der Waals surface area contributed by atoms with Crippen LogP contribution in [0.3, 0.4) is 0 Å². The van der Waals surface area contributed by atoms with Crippen LogP contribution in [-0.2, 0) is 4.79 Å². The summed E-state index contributed by atoms with van der Waals surface area (Å²) in [5.74, 6) is -0.859. The van der Waals surface area contributed by atoms with Crippen LogP contribution in [0.2, 0.25) is 5.02 Å². The number of carboxylic acids is 1. The SMILES string of the molecule is Cc1cc(C)c(OCC(=O)[O-])c(Cl)c1. The molecule has 0 saturated carbocycles. The highest BCUT2D eigenvalue weighted by molar-refractivity contribution is 6.32. The van der Waals surface area contributed by atoms with Gasteiger partial charge in [-0.3, -0.25) is 0 Å². The molecule has 0 amide bonds. The lowest BCUT2D eigenvalue weighted by molar-refractivity contribution is -0.307. The predicted octanol–water partition coefficient (Wildman–Crippen LogP) is 1.09. The highest BCUT2D eigenvalue weighted by atomic mass is 35.5. The highest BCUT2D eigenvalue weighted by Gasteiger charge is 2.06. The first-order valence-electron chi connectivity index (χ1n) is 4.10. The Kier molecular flexibility index (Phi) is 3.36. The van der Waals surface area contributed by atoms with Crippen molar-refractivity contribution in [1.82, 2.24) is 0 Å². The molecule has 0 bridgehead atoms. The van der Waals surface area contributed by atoms with Gasteiger partial charge in [-0.2, -0.15) is 0 Å². The second-order valence-corrected chi connectivity index (χ2v) is 3.46. The Morgan fingerprint density at radius 3 is 2.64 bits per heavy atom. The molecule has 0 saturated heterocycles. The van der Waals surface area contributed by atoms with Gasteiger partial charge in [0.25, 0.3) is 0 Å². The fourth-order valence-corrected chi connectivity index (χ4v) is 1.59. The smallest absolute Gasteiger partial charge is 0.141 e. The van der Waals surface area contributed by atoms with Gasteiger partial charge in [-0.05, 0) is 31.0 Å². The molecule has 1 aromatic carbocycles. The van der Waals surface area contributed by atoms with Crippen LogP contribution >= 0.6 is 11.6 Å². The number of ether oxygens (including phenoxy) is 1. The zero-order valence-corrected chi connectivity index (χ0v) is 8.72. The van der Waals surface area contributed by atoms with Crippen LogP contribution in [-0.4, -0.2) is 12.6 Å². The first-order chi connectivity index (χ1) is 6.50. The number of aryl methyl sites for hydroxylation is 2. The van der Waals surface area contributed by atoms with Gasteiger partial charge in [0.15, 0.2) is 0 Å². The predicted molar refractivity (Wildman–Crippen MR) is 51.4 cm³/mol. The molecule has 0 atom stereocenters. The first-order valence-corrected chi connectivity index (χ1v) is 4.48. The van der Waals surface area contributed by atoms with Crippen LogP contribution < -0.4 is 9.84 Å². The van der Waals surface area contributed by atoms with Crippen molar-refractivity contribution in [1.29, 1.82) is 0 Å².